The third kappa shape index (κ3) is 2.11. The Kier molecular flexibility index (Phi) is 3.12. The third-order valence-electron chi connectivity index (χ3n) is 3.18. The molecule has 0 aliphatic heterocycles. The van der Waals surface area contributed by atoms with Crippen LogP contribution in [0.3, 0.4) is 0 Å². The summed E-state index contributed by atoms with van der Waals surface area (Å²) in [7, 11) is 0. The second-order valence-electron chi connectivity index (χ2n) is 4.41. The molecule has 0 aliphatic carbocycles. The molecule has 6 nitrogen and oxygen atoms in total. The maximum absolute atomic E-state index is 11.8. The van der Waals surface area contributed by atoms with Gasteiger partial charge >= 0.3 is 0 Å². The van der Waals surface area contributed by atoms with Crippen molar-refractivity contribution < 1.29 is 9.59 Å². The second-order valence-corrected chi connectivity index (χ2v) is 4.41. The molecule has 0 radical (unpaired) electrons. The van der Waals surface area contributed by atoms with Gasteiger partial charge in [-0.15, -0.1) is 5.10 Å². The summed E-state index contributed by atoms with van der Waals surface area (Å²) >= 11 is 0. The lowest BCUT2D eigenvalue weighted by atomic mass is 10.1. The van der Waals surface area contributed by atoms with E-state index in [1.807, 2.05) is 30.5 Å². The minimum atomic E-state index is -0.509. The summed E-state index contributed by atoms with van der Waals surface area (Å²) in [6.45, 7) is 1.13. The number of nitrogens with zero attached hydrogens (tertiary/aromatic N) is 4. The molecule has 0 amide bonds. The minimum absolute atomic E-state index is 0.355. The van der Waals surface area contributed by atoms with Gasteiger partial charge in [0.15, 0.2) is 6.29 Å². The molecule has 0 unspecified atom stereocenters. The fourth-order valence-electron chi connectivity index (χ4n) is 2.28. The maximum Gasteiger partial charge on any atom is 0.242 e. The number of benzene rings is 1. The van der Waals surface area contributed by atoms with Crippen LogP contribution in [0.4, 0.5) is 0 Å². The number of carbonyl (C=O) groups is 2. The monoisotopic (exact) mass is 268 g/mol. The smallest absolute Gasteiger partial charge is 0.242 e. The predicted octanol–water partition coefficient (Wildman–Crippen LogP) is 1.31. The van der Waals surface area contributed by atoms with Crippen LogP contribution in [-0.2, 0) is 17.9 Å². The van der Waals surface area contributed by atoms with Gasteiger partial charge in [0.1, 0.15) is 5.69 Å². The van der Waals surface area contributed by atoms with Crippen LogP contribution in [0.2, 0.25) is 0 Å². The Balaban J connectivity index is 2.00. The molecule has 2 heterocycles. The first kappa shape index (κ1) is 12.3. The Morgan fingerprint density at radius 2 is 2.10 bits per heavy atom. The van der Waals surface area contributed by atoms with Crippen LogP contribution in [-0.4, -0.2) is 31.6 Å². The van der Waals surface area contributed by atoms with E-state index in [4.69, 9.17) is 0 Å². The highest BCUT2D eigenvalue weighted by molar-refractivity contribution is 6.35. The van der Waals surface area contributed by atoms with Gasteiger partial charge < -0.3 is 4.57 Å². The molecule has 0 N–H and O–H groups in total. The fraction of sp³-hybridized carbons (Fsp3) is 0.143. The van der Waals surface area contributed by atoms with E-state index < -0.39 is 5.78 Å². The molecule has 0 aliphatic rings. The largest absolute Gasteiger partial charge is 0.342 e. The first-order valence-electron chi connectivity index (χ1n) is 6.21. The molecular weight excluding hydrogens is 256 g/mol. The van der Waals surface area contributed by atoms with Crippen molar-refractivity contribution in [3.8, 4) is 0 Å². The molecule has 3 aromatic rings. The molecule has 0 spiro atoms. The zero-order valence-corrected chi connectivity index (χ0v) is 10.6. The molecule has 3 rings (SSSR count). The highest BCUT2D eigenvalue weighted by Gasteiger charge is 2.15. The van der Waals surface area contributed by atoms with E-state index in [0.717, 1.165) is 10.8 Å². The number of rotatable bonds is 5. The quantitative estimate of drug-likeness (QED) is 0.397. The van der Waals surface area contributed by atoms with E-state index in [9.17, 15) is 9.59 Å². The molecule has 6 heteroatoms. The van der Waals surface area contributed by atoms with Crippen LogP contribution < -0.4 is 0 Å². The van der Waals surface area contributed by atoms with Gasteiger partial charge in [0.2, 0.25) is 5.78 Å². The summed E-state index contributed by atoms with van der Waals surface area (Å²) in [4.78, 5) is 22.7. The number of ketones is 1. The van der Waals surface area contributed by atoms with Gasteiger partial charge in [-0.1, -0.05) is 29.5 Å². The van der Waals surface area contributed by atoms with Crippen LogP contribution in [0.25, 0.3) is 10.8 Å². The van der Waals surface area contributed by atoms with Crippen molar-refractivity contribution in [1.82, 2.24) is 19.6 Å². The lowest BCUT2D eigenvalue weighted by molar-refractivity contribution is -0.104. The van der Waals surface area contributed by atoms with E-state index in [0.29, 0.717) is 25.1 Å². The number of aromatic nitrogens is 4. The van der Waals surface area contributed by atoms with Crippen LogP contribution in [0.15, 0.2) is 42.9 Å². The van der Waals surface area contributed by atoms with E-state index in [1.165, 1.54) is 0 Å². The molecule has 1 aromatic carbocycles. The average Bonchev–Trinajstić information content (AvgIpc) is 3.11. The number of fused-ring (bicyclic) bond motifs is 1. The van der Waals surface area contributed by atoms with Crippen molar-refractivity contribution in [2.45, 2.75) is 13.1 Å². The zero-order chi connectivity index (χ0) is 13.9. The van der Waals surface area contributed by atoms with Crippen molar-refractivity contribution in [1.29, 1.82) is 0 Å². The van der Waals surface area contributed by atoms with E-state index >= 15 is 0 Å². The van der Waals surface area contributed by atoms with E-state index in [-0.39, 0.29) is 0 Å². The van der Waals surface area contributed by atoms with Crippen LogP contribution in [0, 0.1) is 0 Å². The van der Waals surface area contributed by atoms with Gasteiger partial charge in [0.25, 0.3) is 0 Å². The number of hydrogen-bond acceptors (Lipinski definition) is 4. The van der Waals surface area contributed by atoms with Crippen molar-refractivity contribution in [2.75, 3.05) is 0 Å². The van der Waals surface area contributed by atoms with Gasteiger partial charge in [-0.3, -0.25) is 14.3 Å². The summed E-state index contributed by atoms with van der Waals surface area (Å²) in [5.74, 6) is -0.509. The van der Waals surface area contributed by atoms with Gasteiger partial charge in [-0.2, -0.15) is 0 Å². The fourth-order valence-corrected chi connectivity index (χ4v) is 2.28. The molecule has 2 aromatic heterocycles. The molecule has 20 heavy (non-hydrogen) atoms. The summed E-state index contributed by atoms with van der Waals surface area (Å²) < 4.78 is 3.48. The molecule has 0 saturated heterocycles. The summed E-state index contributed by atoms with van der Waals surface area (Å²) in [5, 5.41) is 9.35. The lowest BCUT2D eigenvalue weighted by Crippen LogP contribution is -2.13. The topological polar surface area (TPSA) is 69.8 Å². The van der Waals surface area contributed by atoms with Crippen LogP contribution in [0.5, 0.6) is 0 Å². The van der Waals surface area contributed by atoms with Gasteiger partial charge in [-0.05, 0) is 0 Å². The molecular formula is C14H12N4O2. The maximum atomic E-state index is 11.8. The predicted molar refractivity (Wildman–Crippen MR) is 72.4 cm³/mol. The minimum Gasteiger partial charge on any atom is -0.342 e. The summed E-state index contributed by atoms with van der Waals surface area (Å²) in [5.41, 5.74) is 0.427. The summed E-state index contributed by atoms with van der Waals surface area (Å²) in [6.07, 6.45) is 5.59. The highest BCUT2D eigenvalue weighted by Crippen LogP contribution is 2.21. The third-order valence-corrected chi connectivity index (χ3v) is 3.18. The average molecular weight is 268 g/mol. The number of aryl methyl sites for hydroxylation is 2. The Morgan fingerprint density at radius 3 is 2.85 bits per heavy atom. The zero-order valence-electron chi connectivity index (χ0n) is 10.6. The Morgan fingerprint density at radius 1 is 1.25 bits per heavy atom. The number of aldehydes is 1. The molecule has 100 valence electrons. The van der Waals surface area contributed by atoms with Crippen LogP contribution >= 0.6 is 0 Å². The van der Waals surface area contributed by atoms with Crippen LogP contribution in [0.1, 0.15) is 10.5 Å². The van der Waals surface area contributed by atoms with Crippen molar-refractivity contribution in [3.05, 3.63) is 48.5 Å². The van der Waals surface area contributed by atoms with Crippen molar-refractivity contribution in [2.24, 2.45) is 0 Å². The van der Waals surface area contributed by atoms with Crippen molar-refractivity contribution in [3.63, 3.8) is 0 Å². The normalized spacial score (nSPS) is 10.8. The van der Waals surface area contributed by atoms with Gasteiger partial charge in [0, 0.05) is 29.7 Å². The first-order valence-corrected chi connectivity index (χ1v) is 6.21. The summed E-state index contributed by atoms with van der Waals surface area (Å²) in [6, 6.07) is 7.52. The molecule has 0 bridgehead atoms. The molecule has 0 fully saturated rings. The first-order chi connectivity index (χ1) is 9.79. The number of carbonyl (C=O) groups excluding carboxylic acids is 2. The Hall–Kier alpha value is -2.76. The second kappa shape index (κ2) is 5.08. The van der Waals surface area contributed by atoms with E-state index in [1.54, 1.807) is 21.6 Å². The van der Waals surface area contributed by atoms with Crippen molar-refractivity contribution >= 4 is 22.8 Å². The van der Waals surface area contributed by atoms with Gasteiger partial charge in [0.05, 0.1) is 12.7 Å². The standard InChI is InChI=1S/C14H12N4O2/c19-10-13(20)14-12-4-2-1-3-11(12)9-17(14)7-8-18-6-5-15-16-18/h1-6,9-10H,7-8H2. The van der Waals surface area contributed by atoms with E-state index in [2.05, 4.69) is 10.3 Å². The van der Waals surface area contributed by atoms with Gasteiger partial charge in [-0.25, -0.2) is 0 Å². The highest BCUT2D eigenvalue weighted by atomic mass is 16.2. The lowest BCUT2D eigenvalue weighted by Gasteiger charge is -2.06. The molecule has 0 atom stereocenters. The SMILES string of the molecule is O=CC(=O)c1c2ccccc2cn1CCn1ccnn1. The number of Topliss-reactive ketones (excluding diaryl/α,β-unsaturated/α-hetero) is 1. The number of hydrogen-bond donors (Lipinski definition) is 0. The Bertz CT molecular complexity index is 759. The molecule has 0 saturated carbocycles. The Labute approximate surface area is 114 Å².